The van der Waals surface area contributed by atoms with Crippen LogP contribution in [0.25, 0.3) is 0 Å². The zero-order valence-corrected chi connectivity index (χ0v) is 7.79. The molecule has 0 atom stereocenters. The van der Waals surface area contributed by atoms with Crippen molar-refractivity contribution in [2.45, 2.75) is 6.92 Å². The van der Waals surface area contributed by atoms with Crippen molar-refractivity contribution in [2.24, 2.45) is 0 Å². The largest absolute Gasteiger partial charge is 0.391 e. The lowest BCUT2D eigenvalue weighted by Gasteiger charge is -2.32. The van der Waals surface area contributed by atoms with Gasteiger partial charge in [0.25, 0.3) is 0 Å². The van der Waals surface area contributed by atoms with Crippen molar-refractivity contribution in [3.8, 4) is 0 Å². The molecule has 0 saturated carbocycles. The van der Waals surface area contributed by atoms with E-state index in [2.05, 4.69) is 0 Å². The third kappa shape index (κ3) is 4.43. The van der Waals surface area contributed by atoms with Crippen LogP contribution in [0.3, 0.4) is 0 Å². The maximum absolute atomic E-state index is 10.8. The molecule has 0 heterocycles. The molecule has 0 fully saturated rings. The van der Waals surface area contributed by atoms with E-state index in [4.69, 9.17) is 10.2 Å². The second kappa shape index (κ2) is 5.24. The molecule has 0 aliphatic carbocycles. The van der Waals surface area contributed by atoms with Gasteiger partial charge in [0.1, 0.15) is 19.6 Å². The van der Waals surface area contributed by atoms with E-state index in [9.17, 15) is 4.79 Å². The van der Waals surface area contributed by atoms with Gasteiger partial charge < -0.3 is 14.7 Å². The summed E-state index contributed by atoms with van der Waals surface area (Å²) in [6, 6.07) is 0. The minimum absolute atomic E-state index is 0.0454. The van der Waals surface area contributed by atoms with Gasteiger partial charge in [0, 0.05) is 6.92 Å². The van der Waals surface area contributed by atoms with E-state index >= 15 is 0 Å². The SMILES string of the molecule is CC(=O)C[N+](C)(CCO)CCO. The van der Waals surface area contributed by atoms with Gasteiger partial charge in [-0.15, -0.1) is 0 Å². The molecule has 0 aliphatic heterocycles. The number of aliphatic hydroxyl groups is 2. The van der Waals surface area contributed by atoms with Crippen LogP contribution in [0.15, 0.2) is 0 Å². The van der Waals surface area contributed by atoms with E-state index in [1.807, 2.05) is 7.05 Å². The second-order valence-electron chi connectivity index (χ2n) is 3.37. The Morgan fingerprint density at radius 1 is 1.25 bits per heavy atom. The van der Waals surface area contributed by atoms with Gasteiger partial charge in [0.05, 0.1) is 20.3 Å². The Balaban J connectivity index is 4.07. The molecule has 0 radical (unpaired) electrons. The number of Topliss-reactive ketones (excluding diaryl/α,β-unsaturated/α-hetero) is 1. The summed E-state index contributed by atoms with van der Waals surface area (Å²) < 4.78 is 0.419. The molecule has 4 nitrogen and oxygen atoms in total. The van der Waals surface area contributed by atoms with Crippen LogP contribution in [0.4, 0.5) is 0 Å². The van der Waals surface area contributed by atoms with Crippen LogP contribution in [0.1, 0.15) is 6.92 Å². The third-order valence-electron chi connectivity index (χ3n) is 1.88. The molecule has 0 aromatic rings. The van der Waals surface area contributed by atoms with Gasteiger partial charge in [0.2, 0.25) is 0 Å². The van der Waals surface area contributed by atoms with Crippen molar-refractivity contribution >= 4 is 5.78 Å². The number of rotatable bonds is 6. The maximum Gasteiger partial charge on any atom is 0.183 e. The molecule has 12 heavy (non-hydrogen) atoms. The molecule has 4 heteroatoms. The minimum atomic E-state index is 0.0454. The van der Waals surface area contributed by atoms with E-state index < -0.39 is 0 Å². The van der Waals surface area contributed by atoms with Gasteiger partial charge in [0.15, 0.2) is 5.78 Å². The van der Waals surface area contributed by atoms with Crippen molar-refractivity contribution < 1.29 is 19.5 Å². The molecular formula is C8H18NO3+. The van der Waals surface area contributed by atoms with Crippen LogP contribution in [-0.2, 0) is 4.79 Å². The van der Waals surface area contributed by atoms with Crippen LogP contribution in [0, 0.1) is 0 Å². The van der Waals surface area contributed by atoms with Gasteiger partial charge in [-0.05, 0) is 0 Å². The van der Waals surface area contributed by atoms with Gasteiger partial charge in [-0.1, -0.05) is 0 Å². The molecule has 0 aromatic carbocycles. The number of carbonyl (C=O) groups is 1. The molecule has 0 unspecified atom stereocenters. The number of hydrogen-bond acceptors (Lipinski definition) is 3. The molecular weight excluding hydrogens is 158 g/mol. The zero-order valence-electron chi connectivity index (χ0n) is 7.79. The van der Waals surface area contributed by atoms with Gasteiger partial charge >= 0.3 is 0 Å². The summed E-state index contributed by atoms with van der Waals surface area (Å²) in [5.74, 6) is 0.0828. The quantitative estimate of drug-likeness (QED) is 0.511. The maximum atomic E-state index is 10.8. The standard InChI is InChI=1S/C8H18NO3/c1-8(12)7-9(2,3-5-10)4-6-11/h10-11H,3-7H2,1-2H3/q+1. The van der Waals surface area contributed by atoms with Gasteiger partial charge in [-0.2, -0.15) is 0 Å². The molecule has 0 spiro atoms. The molecule has 0 aliphatic rings. The highest BCUT2D eigenvalue weighted by Crippen LogP contribution is 2.00. The highest BCUT2D eigenvalue weighted by atomic mass is 16.3. The Bertz CT molecular complexity index is 141. The van der Waals surface area contributed by atoms with E-state index in [-0.39, 0.29) is 19.0 Å². The number of hydrogen-bond donors (Lipinski definition) is 2. The Morgan fingerprint density at radius 3 is 1.92 bits per heavy atom. The Kier molecular flexibility index (Phi) is 5.04. The molecule has 2 N–H and O–H groups in total. The average Bonchev–Trinajstić information content (AvgIpc) is 1.85. The number of likely N-dealkylation sites (N-methyl/N-ethyl adjacent to an activating group) is 1. The zero-order chi connectivity index (χ0) is 9.61. The summed E-state index contributed by atoms with van der Waals surface area (Å²) in [5.41, 5.74) is 0. The smallest absolute Gasteiger partial charge is 0.183 e. The highest BCUT2D eigenvalue weighted by molar-refractivity contribution is 5.76. The van der Waals surface area contributed by atoms with Crippen molar-refractivity contribution in [3.63, 3.8) is 0 Å². The summed E-state index contributed by atoms with van der Waals surface area (Å²) in [7, 11) is 1.86. The molecule has 0 bridgehead atoms. The number of ketones is 1. The van der Waals surface area contributed by atoms with Crippen LogP contribution in [0.2, 0.25) is 0 Å². The summed E-state index contributed by atoms with van der Waals surface area (Å²) >= 11 is 0. The topological polar surface area (TPSA) is 57.5 Å². The van der Waals surface area contributed by atoms with Crippen LogP contribution in [-0.4, -0.2) is 60.4 Å². The summed E-state index contributed by atoms with van der Waals surface area (Å²) in [6.45, 7) is 3.01. The first-order valence-electron chi connectivity index (χ1n) is 4.09. The van der Waals surface area contributed by atoms with E-state index in [1.54, 1.807) is 0 Å². The van der Waals surface area contributed by atoms with Gasteiger partial charge in [-0.25, -0.2) is 0 Å². The van der Waals surface area contributed by atoms with E-state index in [0.717, 1.165) is 0 Å². The van der Waals surface area contributed by atoms with Crippen LogP contribution < -0.4 is 0 Å². The molecule has 0 amide bonds. The number of aliphatic hydroxyl groups excluding tert-OH is 2. The lowest BCUT2D eigenvalue weighted by molar-refractivity contribution is -0.902. The predicted octanol–water partition coefficient (Wildman–Crippen LogP) is -0.993. The lowest BCUT2D eigenvalue weighted by Crippen LogP contribution is -2.50. The predicted molar refractivity (Wildman–Crippen MR) is 45.6 cm³/mol. The monoisotopic (exact) mass is 176 g/mol. The Hall–Kier alpha value is -0.450. The normalized spacial score (nSPS) is 11.7. The number of nitrogens with zero attached hydrogens (tertiary/aromatic N) is 1. The summed E-state index contributed by atoms with van der Waals surface area (Å²) in [5, 5.41) is 17.5. The van der Waals surface area contributed by atoms with E-state index in [1.165, 1.54) is 6.92 Å². The molecule has 0 aromatic heterocycles. The fourth-order valence-corrected chi connectivity index (χ4v) is 1.29. The van der Waals surface area contributed by atoms with Crippen molar-refractivity contribution in [3.05, 3.63) is 0 Å². The van der Waals surface area contributed by atoms with Crippen molar-refractivity contribution in [1.29, 1.82) is 0 Å². The fraction of sp³-hybridized carbons (Fsp3) is 0.875. The first-order chi connectivity index (χ1) is 5.54. The lowest BCUT2D eigenvalue weighted by atomic mass is 10.3. The Morgan fingerprint density at radius 2 is 1.67 bits per heavy atom. The van der Waals surface area contributed by atoms with Crippen LogP contribution >= 0.6 is 0 Å². The number of quaternary nitrogens is 1. The average molecular weight is 176 g/mol. The van der Waals surface area contributed by atoms with E-state index in [0.29, 0.717) is 24.1 Å². The number of carbonyl (C=O) groups excluding carboxylic acids is 1. The van der Waals surface area contributed by atoms with Crippen molar-refractivity contribution in [1.82, 2.24) is 0 Å². The molecule has 72 valence electrons. The summed E-state index contributed by atoms with van der Waals surface area (Å²) in [6.07, 6.45) is 0. The molecule has 0 rings (SSSR count). The summed E-state index contributed by atoms with van der Waals surface area (Å²) in [4.78, 5) is 10.8. The third-order valence-corrected chi connectivity index (χ3v) is 1.88. The highest BCUT2D eigenvalue weighted by Gasteiger charge is 2.21. The first kappa shape index (κ1) is 11.6. The Labute approximate surface area is 73.0 Å². The van der Waals surface area contributed by atoms with Crippen molar-refractivity contribution in [2.75, 3.05) is 39.9 Å². The fourth-order valence-electron chi connectivity index (χ4n) is 1.29. The van der Waals surface area contributed by atoms with Gasteiger partial charge in [-0.3, -0.25) is 4.79 Å². The second-order valence-corrected chi connectivity index (χ2v) is 3.37. The first-order valence-corrected chi connectivity index (χ1v) is 4.09. The minimum Gasteiger partial charge on any atom is -0.391 e. The van der Waals surface area contributed by atoms with Crippen LogP contribution in [0.5, 0.6) is 0 Å². The molecule has 0 saturated heterocycles.